The fraction of sp³-hybridized carbons (Fsp3) is 0.370. The minimum atomic E-state index is -4.43. The predicted octanol–water partition coefficient (Wildman–Crippen LogP) is 5.63. The number of benzene rings is 2. The zero-order chi connectivity index (χ0) is 27.4. The van der Waals surface area contributed by atoms with Crippen molar-refractivity contribution in [2.45, 2.75) is 31.2 Å². The van der Waals surface area contributed by atoms with Gasteiger partial charge in [-0.3, -0.25) is 0 Å². The topological polar surface area (TPSA) is 73.8 Å². The minimum Gasteiger partial charge on any atom is -0.495 e. The van der Waals surface area contributed by atoms with Crippen LogP contribution in [0, 0.1) is 11.8 Å². The molecular formula is C27H27F4N3O3S. The Morgan fingerprint density at radius 3 is 2.74 bits per heavy atom. The molecule has 2 aromatic carbocycles. The van der Waals surface area contributed by atoms with Crippen molar-refractivity contribution in [2.24, 2.45) is 0 Å². The highest BCUT2D eigenvalue weighted by Gasteiger charge is 2.32. The van der Waals surface area contributed by atoms with Gasteiger partial charge in [-0.15, -0.1) is 11.3 Å². The number of rotatable bonds is 7. The van der Waals surface area contributed by atoms with Gasteiger partial charge in [0, 0.05) is 13.1 Å². The molecule has 3 aromatic rings. The van der Waals surface area contributed by atoms with E-state index < -0.39 is 30.8 Å². The molecule has 2 heterocycles. The van der Waals surface area contributed by atoms with Crippen LogP contribution < -0.4 is 15.4 Å². The number of aromatic carboxylic acids is 1. The summed E-state index contributed by atoms with van der Waals surface area (Å²) in [7, 11) is 3.26. The summed E-state index contributed by atoms with van der Waals surface area (Å²) in [6.45, 7) is 1.11. The van der Waals surface area contributed by atoms with Gasteiger partial charge in [0.2, 0.25) is 0 Å². The summed E-state index contributed by atoms with van der Waals surface area (Å²) in [5, 5.41) is 15.8. The third-order valence-electron chi connectivity index (χ3n) is 6.30. The standard InChI is InChI=1S/C27H27F4N3O3S/c1-34-12-10-20(19(28)15-34)33-22-6-3-5-17-18(14-27(29,30)31)24(38-25(17)22)7-4-11-32-21-9-8-16(26(35)36)13-23(21)37-2/h3,5-6,8-9,13,19-20,32-33H,10-12,14-15H2,1-2H3,(H,35,36). The summed E-state index contributed by atoms with van der Waals surface area (Å²) in [5.41, 5.74) is 1.26. The molecule has 1 saturated heterocycles. The van der Waals surface area contributed by atoms with Crippen molar-refractivity contribution in [3.8, 4) is 17.6 Å². The zero-order valence-corrected chi connectivity index (χ0v) is 21.6. The van der Waals surface area contributed by atoms with E-state index in [0.717, 1.165) is 17.9 Å². The van der Waals surface area contributed by atoms with Crippen molar-refractivity contribution in [3.05, 3.63) is 52.4 Å². The Balaban J connectivity index is 1.60. The molecule has 4 rings (SSSR count). The minimum absolute atomic E-state index is 0.0595. The first-order chi connectivity index (χ1) is 18.1. The summed E-state index contributed by atoms with van der Waals surface area (Å²) in [6.07, 6.45) is -6.06. The van der Waals surface area contributed by atoms with Crippen LogP contribution in [0.3, 0.4) is 0 Å². The van der Waals surface area contributed by atoms with Crippen molar-refractivity contribution < 1.29 is 32.2 Å². The van der Waals surface area contributed by atoms with Crippen LogP contribution >= 0.6 is 11.3 Å². The Bertz CT molecular complexity index is 1380. The van der Waals surface area contributed by atoms with Crippen LogP contribution in [0.5, 0.6) is 5.75 Å². The molecule has 6 nitrogen and oxygen atoms in total. The van der Waals surface area contributed by atoms with E-state index in [2.05, 4.69) is 22.5 Å². The number of hydrogen-bond acceptors (Lipinski definition) is 6. The number of ether oxygens (including phenoxy) is 1. The van der Waals surface area contributed by atoms with Crippen molar-refractivity contribution in [2.75, 3.05) is 44.4 Å². The van der Waals surface area contributed by atoms with Crippen molar-refractivity contribution in [3.63, 3.8) is 0 Å². The number of carbonyl (C=O) groups is 1. The van der Waals surface area contributed by atoms with Crippen LogP contribution in [0.25, 0.3) is 10.1 Å². The number of methoxy groups -OCH3 is 1. The number of fused-ring (bicyclic) bond motifs is 1. The van der Waals surface area contributed by atoms with E-state index in [9.17, 15) is 22.4 Å². The zero-order valence-electron chi connectivity index (χ0n) is 20.8. The van der Waals surface area contributed by atoms with E-state index in [4.69, 9.17) is 9.84 Å². The number of likely N-dealkylation sites (tertiary alicyclic amines) is 1. The van der Waals surface area contributed by atoms with Crippen LogP contribution in [-0.4, -0.2) is 68.2 Å². The normalized spacial score (nSPS) is 18.1. The van der Waals surface area contributed by atoms with Gasteiger partial charge in [0.05, 0.1) is 52.6 Å². The van der Waals surface area contributed by atoms with Crippen molar-refractivity contribution in [1.29, 1.82) is 0 Å². The van der Waals surface area contributed by atoms with Gasteiger partial charge in [0.1, 0.15) is 11.9 Å². The molecule has 0 radical (unpaired) electrons. The summed E-state index contributed by atoms with van der Waals surface area (Å²) in [4.78, 5) is 13.4. The molecule has 1 aliphatic heterocycles. The number of carboxylic acid groups (broad SMARTS) is 1. The molecule has 3 N–H and O–H groups in total. The molecule has 1 fully saturated rings. The molecule has 11 heteroatoms. The second-order valence-corrected chi connectivity index (χ2v) is 10.1. The van der Waals surface area contributed by atoms with E-state index in [1.165, 1.54) is 25.3 Å². The lowest BCUT2D eigenvalue weighted by Gasteiger charge is -2.33. The highest BCUT2D eigenvalue weighted by Crippen LogP contribution is 2.39. The van der Waals surface area contributed by atoms with Gasteiger partial charge in [-0.25, -0.2) is 9.18 Å². The lowest BCUT2D eigenvalue weighted by Crippen LogP contribution is -2.46. The number of hydrogen-bond donors (Lipinski definition) is 3. The number of carboxylic acids is 1. The molecule has 0 bridgehead atoms. The third kappa shape index (κ3) is 6.49. The molecule has 2 unspecified atom stereocenters. The molecule has 0 aliphatic carbocycles. The first-order valence-electron chi connectivity index (χ1n) is 11.9. The number of anilines is 2. The number of halogens is 4. The highest BCUT2D eigenvalue weighted by atomic mass is 32.1. The molecule has 202 valence electrons. The average molecular weight is 550 g/mol. The van der Waals surface area contributed by atoms with Gasteiger partial charge in [-0.2, -0.15) is 13.2 Å². The van der Waals surface area contributed by atoms with Crippen molar-refractivity contribution >= 4 is 38.8 Å². The monoisotopic (exact) mass is 549 g/mol. The molecule has 0 amide bonds. The molecule has 1 aromatic heterocycles. The molecule has 0 saturated carbocycles. The highest BCUT2D eigenvalue weighted by molar-refractivity contribution is 7.20. The maximum absolute atomic E-state index is 14.6. The number of thiophene rings is 1. The fourth-order valence-electron chi connectivity index (χ4n) is 4.41. The van der Waals surface area contributed by atoms with Gasteiger partial charge in [0.25, 0.3) is 0 Å². The third-order valence-corrected chi connectivity index (χ3v) is 7.50. The smallest absolute Gasteiger partial charge is 0.393 e. The number of alkyl halides is 4. The van der Waals surface area contributed by atoms with Gasteiger partial charge in [-0.05, 0) is 48.7 Å². The quantitative estimate of drug-likeness (QED) is 0.262. The average Bonchev–Trinajstić information content (AvgIpc) is 3.20. The molecule has 1 aliphatic rings. The largest absolute Gasteiger partial charge is 0.495 e. The molecule has 0 spiro atoms. The summed E-state index contributed by atoms with van der Waals surface area (Å²) >= 11 is 1.15. The Labute approximate surface area is 221 Å². The Morgan fingerprint density at radius 1 is 1.26 bits per heavy atom. The van der Waals surface area contributed by atoms with Gasteiger partial charge in [-0.1, -0.05) is 24.0 Å². The second-order valence-electron chi connectivity index (χ2n) is 9.08. The summed E-state index contributed by atoms with van der Waals surface area (Å²) in [6, 6.07) is 8.96. The van der Waals surface area contributed by atoms with Crippen LogP contribution in [0.15, 0.2) is 36.4 Å². The Kier molecular flexibility index (Phi) is 8.33. The molecule has 38 heavy (non-hydrogen) atoms. The van der Waals surface area contributed by atoms with E-state index in [1.807, 2.05) is 11.9 Å². The van der Waals surface area contributed by atoms with Crippen LogP contribution in [0.2, 0.25) is 0 Å². The number of nitrogens with zero attached hydrogens (tertiary/aromatic N) is 1. The fourth-order valence-corrected chi connectivity index (χ4v) is 5.59. The first kappa shape index (κ1) is 27.5. The van der Waals surface area contributed by atoms with Crippen LogP contribution in [-0.2, 0) is 6.42 Å². The molecule has 2 atom stereocenters. The molecular weight excluding hydrogens is 522 g/mol. The van der Waals surface area contributed by atoms with Crippen molar-refractivity contribution in [1.82, 2.24) is 4.90 Å². The lowest BCUT2D eigenvalue weighted by molar-refractivity contribution is -0.126. The lowest BCUT2D eigenvalue weighted by atomic mass is 10.0. The van der Waals surface area contributed by atoms with Gasteiger partial charge in [0.15, 0.2) is 0 Å². The summed E-state index contributed by atoms with van der Waals surface area (Å²) < 4.78 is 60.9. The van der Waals surface area contributed by atoms with Crippen LogP contribution in [0.1, 0.15) is 27.2 Å². The second kappa shape index (κ2) is 11.5. The maximum Gasteiger partial charge on any atom is 0.393 e. The van der Waals surface area contributed by atoms with E-state index in [1.54, 1.807) is 18.2 Å². The number of nitrogens with one attached hydrogen (secondary N) is 2. The first-order valence-corrected chi connectivity index (χ1v) is 12.7. The Hall–Kier alpha value is -3.49. The summed E-state index contributed by atoms with van der Waals surface area (Å²) in [5.74, 6) is 4.95. The van der Waals surface area contributed by atoms with E-state index >= 15 is 0 Å². The Morgan fingerprint density at radius 2 is 2.05 bits per heavy atom. The van der Waals surface area contributed by atoms with E-state index in [0.29, 0.717) is 45.1 Å². The van der Waals surface area contributed by atoms with Gasteiger partial charge < -0.3 is 25.4 Å². The SMILES string of the molecule is COc1cc(C(=O)O)ccc1NCC#Cc1sc2c(NC3CCN(C)CC3F)cccc2c1CC(F)(F)F. The maximum atomic E-state index is 14.6. The number of piperidine rings is 1. The van der Waals surface area contributed by atoms with E-state index in [-0.39, 0.29) is 17.7 Å². The van der Waals surface area contributed by atoms with Gasteiger partial charge >= 0.3 is 12.1 Å². The predicted molar refractivity (Wildman–Crippen MR) is 141 cm³/mol. The van der Waals surface area contributed by atoms with Crippen LogP contribution in [0.4, 0.5) is 28.9 Å².